The number of hydrogen-bond donors (Lipinski definition) is 2. The van der Waals surface area contributed by atoms with Gasteiger partial charge in [0.2, 0.25) is 5.91 Å². The average molecular weight is 480 g/mol. The number of rotatable bonds is 6. The second kappa shape index (κ2) is 11.5. The molecule has 2 N–H and O–H groups in total. The first-order valence-electron chi connectivity index (χ1n) is 12.7. The number of carbonyl (C=O) groups excluding carboxylic acids is 3. The predicted octanol–water partition coefficient (Wildman–Crippen LogP) is 4.10. The van der Waals surface area contributed by atoms with Gasteiger partial charge in [0.15, 0.2) is 0 Å². The Balaban J connectivity index is 1.35. The number of nitrogens with zero attached hydrogens (tertiary/aromatic N) is 1. The molecule has 6 nitrogen and oxygen atoms in total. The lowest BCUT2D eigenvalue weighted by atomic mass is 9.88. The molecule has 2 aliphatic rings. The van der Waals surface area contributed by atoms with Crippen LogP contribution < -0.4 is 10.6 Å². The minimum absolute atomic E-state index is 0.0349. The van der Waals surface area contributed by atoms with Crippen LogP contribution in [0.2, 0.25) is 0 Å². The average Bonchev–Trinajstić information content (AvgIpc) is 2.90. The van der Waals surface area contributed by atoms with E-state index in [9.17, 15) is 18.8 Å². The summed E-state index contributed by atoms with van der Waals surface area (Å²) in [5.41, 5.74) is 2.24. The van der Waals surface area contributed by atoms with Crippen LogP contribution in [0.1, 0.15) is 71.7 Å². The maximum Gasteiger partial charge on any atom is 0.253 e. The molecule has 0 radical (unpaired) electrons. The van der Waals surface area contributed by atoms with E-state index in [1.165, 1.54) is 29.8 Å². The highest BCUT2D eigenvalue weighted by atomic mass is 19.1. The van der Waals surface area contributed by atoms with Gasteiger partial charge in [0.1, 0.15) is 5.82 Å². The Hall–Kier alpha value is -3.22. The fourth-order valence-electron chi connectivity index (χ4n) is 5.07. The van der Waals surface area contributed by atoms with E-state index in [-0.39, 0.29) is 41.5 Å². The van der Waals surface area contributed by atoms with Crippen LogP contribution in [0, 0.1) is 11.7 Å². The minimum Gasteiger partial charge on any atom is -0.351 e. The number of nitrogens with one attached hydrogen (secondary N) is 2. The number of piperidine rings is 1. The summed E-state index contributed by atoms with van der Waals surface area (Å²) in [7, 11) is 0. The minimum atomic E-state index is -0.387. The van der Waals surface area contributed by atoms with Gasteiger partial charge in [-0.25, -0.2) is 4.39 Å². The number of carbonyl (C=O) groups is 3. The topological polar surface area (TPSA) is 78.5 Å². The first kappa shape index (κ1) is 24.9. The molecule has 35 heavy (non-hydrogen) atoms. The van der Waals surface area contributed by atoms with Crippen LogP contribution in [0.4, 0.5) is 4.39 Å². The Morgan fingerprint density at radius 3 is 2.14 bits per heavy atom. The summed E-state index contributed by atoms with van der Waals surface area (Å²) in [5, 5.41) is 6.20. The van der Waals surface area contributed by atoms with E-state index in [4.69, 9.17) is 0 Å². The third-order valence-electron chi connectivity index (χ3n) is 7.21. The molecule has 2 aromatic carbocycles. The molecule has 2 fully saturated rings. The van der Waals surface area contributed by atoms with Crippen molar-refractivity contribution in [1.29, 1.82) is 0 Å². The van der Waals surface area contributed by atoms with E-state index in [0.29, 0.717) is 24.2 Å². The van der Waals surface area contributed by atoms with E-state index in [0.717, 1.165) is 44.9 Å². The van der Waals surface area contributed by atoms with Crippen molar-refractivity contribution in [3.05, 3.63) is 71.0 Å². The first-order valence-corrected chi connectivity index (χ1v) is 12.7. The molecule has 0 aromatic heterocycles. The molecule has 0 bridgehead atoms. The Kier molecular flexibility index (Phi) is 8.16. The number of likely N-dealkylation sites (tertiary alicyclic amines) is 1. The van der Waals surface area contributed by atoms with Crippen molar-refractivity contribution in [2.45, 2.75) is 64.0 Å². The van der Waals surface area contributed by atoms with Gasteiger partial charge < -0.3 is 15.5 Å². The van der Waals surface area contributed by atoms with Crippen LogP contribution in [-0.2, 0) is 11.2 Å². The predicted molar refractivity (Wildman–Crippen MR) is 133 cm³/mol. The van der Waals surface area contributed by atoms with E-state index in [1.807, 2.05) is 24.3 Å². The van der Waals surface area contributed by atoms with Crippen molar-refractivity contribution < 1.29 is 18.8 Å². The Morgan fingerprint density at radius 2 is 1.49 bits per heavy atom. The molecule has 186 valence electrons. The number of hydrogen-bond acceptors (Lipinski definition) is 3. The van der Waals surface area contributed by atoms with Crippen molar-refractivity contribution in [2.24, 2.45) is 5.92 Å². The lowest BCUT2D eigenvalue weighted by Gasteiger charge is -2.36. The highest BCUT2D eigenvalue weighted by Gasteiger charge is 2.33. The van der Waals surface area contributed by atoms with Crippen molar-refractivity contribution in [2.75, 3.05) is 13.1 Å². The van der Waals surface area contributed by atoms with Gasteiger partial charge in [-0.05, 0) is 74.1 Å². The molecule has 1 saturated carbocycles. The summed E-state index contributed by atoms with van der Waals surface area (Å²) in [6.45, 7) is 3.13. The molecule has 7 heteroatoms. The summed E-state index contributed by atoms with van der Waals surface area (Å²) in [5.74, 6) is -1.01. The molecule has 0 spiro atoms. The largest absolute Gasteiger partial charge is 0.351 e. The molecule has 3 atom stereocenters. The van der Waals surface area contributed by atoms with Crippen LogP contribution in [0.25, 0.3) is 0 Å². The third kappa shape index (κ3) is 6.27. The lowest BCUT2D eigenvalue weighted by molar-refractivity contribution is -0.127. The standard InChI is InChI=1S/C28H34FN3O3/c1-2-19-9-11-21(12-10-19)28(35)32-17-5-6-22(18-32)27(34)31-25-8-4-3-7-24(25)30-26(33)20-13-15-23(29)16-14-20/h9-16,22,24-25H,2-8,17-18H2,1H3,(H,30,33)(H,31,34)/t22?,24-,25?/m1/s1. The zero-order chi connectivity index (χ0) is 24.8. The maximum atomic E-state index is 13.2. The molecule has 2 aromatic rings. The van der Waals surface area contributed by atoms with Crippen LogP contribution >= 0.6 is 0 Å². The van der Waals surface area contributed by atoms with Crippen molar-refractivity contribution in [3.63, 3.8) is 0 Å². The Bertz CT molecular complexity index is 1040. The fraction of sp³-hybridized carbons (Fsp3) is 0.464. The van der Waals surface area contributed by atoms with Crippen LogP contribution in [0.15, 0.2) is 48.5 Å². The van der Waals surface area contributed by atoms with Gasteiger partial charge in [-0.3, -0.25) is 14.4 Å². The van der Waals surface area contributed by atoms with E-state index < -0.39 is 0 Å². The zero-order valence-electron chi connectivity index (χ0n) is 20.3. The Morgan fingerprint density at radius 1 is 0.857 bits per heavy atom. The number of aryl methyl sites for hydroxylation is 1. The smallest absolute Gasteiger partial charge is 0.253 e. The first-order chi connectivity index (χ1) is 16.9. The molecular weight excluding hydrogens is 445 g/mol. The quantitative estimate of drug-likeness (QED) is 0.655. The summed E-state index contributed by atoms with van der Waals surface area (Å²) in [4.78, 5) is 40.6. The fourth-order valence-corrected chi connectivity index (χ4v) is 5.07. The van der Waals surface area contributed by atoms with E-state index in [2.05, 4.69) is 17.6 Å². The highest BCUT2D eigenvalue weighted by Crippen LogP contribution is 2.23. The van der Waals surface area contributed by atoms with Gasteiger partial charge in [0.05, 0.1) is 5.92 Å². The summed E-state index contributed by atoms with van der Waals surface area (Å²) in [6, 6.07) is 12.8. The van der Waals surface area contributed by atoms with Crippen LogP contribution in [0.5, 0.6) is 0 Å². The number of amides is 3. The van der Waals surface area contributed by atoms with E-state index in [1.54, 1.807) is 4.90 Å². The van der Waals surface area contributed by atoms with Gasteiger partial charge >= 0.3 is 0 Å². The van der Waals surface area contributed by atoms with Gasteiger partial charge in [0.25, 0.3) is 11.8 Å². The van der Waals surface area contributed by atoms with Gasteiger partial charge in [-0.2, -0.15) is 0 Å². The summed E-state index contributed by atoms with van der Waals surface area (Å²) < 4.78 is 13.2. The summed E-state index contributed by atoms with van der Waals surface area (Å²) in [6.07, 6.45) is 5.98. The SMILES string of the molecule is CCc1ccc(C(=O)N2CCCC(C(=O)NC3CCCC[C@H]3NC(=O)c3ccc(F)cc3)C2)cc1. The maximum absolute atomic E-state index is 13.2. The zero-order valence-corrected chi connectivity index (χ0v) is 20.3. The van der Waals surface area contributed by atoms with E-state index >= 15 is 0 Å². The molecule has 1 aliphatic carbocycles. The number of halogens is 1. The summed E-state index contributed by atoms with van der Waals surface area (Å²) >= 11 is 0. The molecule has 1 aliphatic heterocycles. The highest BCUT2D eigenvalue weighted by molar-refractivity contribution is 5.95. The van der Waals surface area contributed by atoms with Gasteiger partial charge in [-0.15, -0.1) is 0 Å². The lowest BCUT2D eigenvalue weighted by Crippen LogP contribution is -2.55. The monoisotopic (exact) mass is 479 g/mol. The number of benzene rings is 2. The van der Waals surface area contributed by atoms with Gasteiger partial charge in [-0.1, -0.05) is 31.9 Å². The van der Waals surface area contributed by atoms with Gasteiger partial charge in [0, 0.05) is 36.3 Å². The van der Waals surface area contributed by atoms with Crippen molar-refractivity contribution >= 4 is 17.7 Å². The molecule has 2 unspecified atom stereocenters. The molecular formula is C28H34FN3O3. The molecule has 4 rings (SSSR count). The van der Waals surface area contributed by atoms with Crippen molar-refractivity contribution in [1.82, 2.24) is 15.5 Å². The molecule has 1 saturated heterocycles. The van der Waals surface area contributed by atoms with Crippen LogP contribution in [-0.4, -0.2) is 47.8 Å². The second-order valence-electron chi connectivity index (χ2n) is 9.63. The third-order valence-corrected chi connectivity index (χ3v) is 7.21. The Labute approximate surface area is 206 Å². The second-order valence-corrected chi connectivity index (χ2v) is 9.63. The van der Waals surface area contributed by atoms with Crippen LogP contribution in [0.3, 0.4) is 0 Å². The van der Waals surface area contributed by atoms with Crippen molar-refractivity contribution in [3.8, 4) is 0 Å². The normalized spacial score (nSPS) is 22.3. The molecule has 3 amide bonds. The molecule has 1 heterocycles.